The average Bonchev–Trinajstić information content (AvgIpc) is 2.37. The minimum absolute atomic E-state index is 0.00984. The maximum absolute atomic E-state index is 12.1. The van der Waals surface area contributed by atoms with E-state index in [0.29, 0.717) is 11.4 Å². The van der Waals surface area contributed by atoms with Crippen LogP contribution in [0.5, 0.6) is 0 Å². The number of anilines is 2. The summed E-state index contributed by atoms with van der Waals surface area (Å²) in [4.78, 5) is 35.8. The number of nitrogens with one attached hydrogen (secondary N) is 2. The highest BCUT2D eigenvalue weighted by molar-refractivity contribution is 6.09. The van der Waals surface area contributed by atoms with Gasteiger partial charge in [-0.3, -0.25) is 14.4 Å². The van der Waals surface area contributed by atoms with Gasteiger partial charge in [-0.1, -0.05) is 12.1 Å². The molecule has 1 aliphatic rings. The minimum atomic E-state index is -0.216. The summed E-state index contributed by atoms with van der Waals surface area (Å²) in [7, 11) is 0. The summed E-state index contributed by atoms with van der Waals surface area (Å²) in [5.74, 6) is -0.577. The van der Waals surface area contributed by atoms with Crippen LogP contribution >= 0.6 is 0 Å². The lowest BCUT2D eigenvalue weighted by molar-refractivity contribution is -0.122. The van der Waals surface area contributed by atoms with Gasteiger partial charge >= 0.3 is 0 Å². The Balaban J connectivity index is 2.09. The Labute approximate surface area is 110 Å². The van der Waals surface area contributed by atoms with Crippen LogP contribution in [0.3, 0.4) is 0 Å². The number of hydrogen-bond acceptors (Lipinski definition) is 3. The first-order chi connectivity index (χ1) is 9.08. The van der Waals surface area contributed by atoms with E-state index in [1.54, 1.807) is 18.2 Å². The fourth-order valence-electron chi connectivity index (χ4n) is 1.94. The van der Waals surface area contributed by atoms with Gasteiger partial charge in [0.2, 0.25) is 17.7 Å². The Hall–Kier alpha value is -2.37. The molecule has 0 saturated heterocycles. The van der Waals surface area contributed by atoms with Crippen LogP contribution < -0.4 is 15.5 Å². The van der Waals surface area contributed by atoms with Crippen molar-refractivity contribution < 1.29 is 14.4 Å². The minimum Gasteiger partial charge on any atom is -0.356 e. The van der Waals surface area contributed by atoms with Crippen molar-refractivity contribution in [2.45, 2.75) is 13.3 Å². The van der Waals surface area contributed by atoms with Crippen molar-refractivity contribution in [3.05, 3.63) is 24.3 Å². The molecule has 6 nitrogen and oxygen atoms in total. The third-order valence-corrected chi connectivity index (χ3v) is 2.78. The zero-order valence-electron chi connectivity index (χ0n) is 10.6. The Morgan fingerprint density at radius 3 is 2.84 bits per heavy atom. The van der Waals surface area contributed by atoms with Crippen molar-refractivity contribution in [2.24, 2.45) is 0 Å². The second-order valence-corrected chi connectivity index (χ2v) is 4.28. The van der Waals surface area contributed by atoms with Gasteiger partial charge in [0.1, 0.15) is 6.54 Å². The molecule has 0 radical (unpaired) electrons. The van der Waals surface area contributed by atoms with Crippen molar-refractivity contribution in [3.8, 4) is 0 Å². The molecule has 0 atom stereocenters. The summed E-state index contributed by atoms with van der Waals surface area (Å²) in [5, 5.41) is 5.28. The predicted molar refractivity (Wildman–Crippen MR) is 70.7 cm³/mol. The zero-order chi connectivity index (χ0) is 13.8. The largest absolute Gasteiger partial charge is 0.356 e. The summed E-state index contributed by atoms with van der Waals surface area (Å²) in [6.45, 7) is 1.68. The summed E-state index contributed by atoms with van der Waals surface area (Å²) < 4.78 is 0. The first-order valence-corrected chi connectivity index (χ1v) is 6.01. The molecule has 0 fully saturated rings. The van der Waals surface area contributed by atoms with Crippen LogP contribution in [-0.2, 0) is 14.4 Å². The lowest BCUT2D eigenvalue weighted by Gasteiger charge is -2.29. The number of benzene rings is 1. The van der Waals surface area contributed by atoms with Gasteiger partial charge in [-0.15, -0.1) is 0 Å². The Morgan fingerprint density at radius 2 is 2.11 bits per heavy atom. The SMILES string of the molecule is CC(=O)NCCC(=O)N1CC(=O)Nc2ccccc21. The van der Waals surface area contributed by atoms with Gasteiger partial charge in [-0.25, -0.2) is 0 Å². The third-order valence-electron chi connectivity index (χ3n) is 2.78. The van der Waals surface area contributed by atoms with Crippen LogP contribution in [0.15, 0.2) is 24.3 Å². The van der Waals surface area contributed by atoms with Crippen molar-refractivity contribution in [3.63, 3.8) is 0 Å². The van der Waals surface area contributed by atoms with Crippen LogP contribution in [0.2, 0.25) is 0 Å². The Bertz CT molecular complexity index is 528. The summed E-state index contributed by atoms with van der Waals surface area (Å²) in [5.41, 5.74) is 1.32. The molecule has 100 valence electrons. The first kappa shape index (κ1) is 13.1. The molecule has 0 unspecified atom stereocenters. The van der Waals surface area contributed by atoms with Gasteiger partial charge < -0.3 is 15.5 Å². The molecule has 19 heavy (non-hydrogen) atoms. The molecule has 3 amide bonds. The second kappa shape index (κ2) is 5.51. The normalized spacial score (nSPS) is 13.5. The van der Waals surface area contributed by atoms with E-state index >= 15 is 0 Å². The summed E-state index contributed by atoms with van der Waals surface area (Å²) in [6, 6.07) is 7.14. The van der Waals surface area contributed by atoms with Gasteiger partial charge in [0.15, 0.2) is 0 Å². The summed E-state index contributed by atoms with van der Waals surface area (Å²) >= 11 is 0. The molecule has 2 rings (SSSR count). The molecular formula is C13H15N3O3. The molecule has 0 aromatic heterocycles. The quantitative estimate of drug-likeness (QED) is 0.831. The number of rotatable bonds is 3. The monoisotopic (exact) mass is 261 g/mol. The Kier molecular flexibility index (Phi) is 3.79. The highest BCUT2D eigenvalue weighted by Crippen LogP contribution is 2.29. The molecule has 0 aliphatic carbocycles. The Morgan fingerprint density at radius 1 is 1.37 bits per heavy atom. The number of fused-ring (bicyclic) bond motifs is 1. The lowest BCUT2D eigenvalue weighted by atomic mass is 10.2. The van der Waals surface area contributed by atoms with Crippen molar-refractivity contribution in [2.75, 3.05) is 23.3 Å². The van der Waals surface area contributed by atoms with E-state index < -0.39 is 0 Å². The van der Waals surface area contributed by atoms with E-state index in [4.69, 9.17) is 0 Å². The first-order valence-electron chi connectivity index (χ1n) is 6.01. The smallest absolute Gasteiger partial charge is 0.244 e. The summed E-state index contributed by atoms with van der Waals surface area (Å²) in [6.07, 6.45) is 0.168. The lowest BCUT2D eigenvalue weighted by Crippen LogP contribution is -2.43. The molecular weight excluding hydrogens is 246 g/mol. The molecule has 1 aliphatic heterocycles. The fourth-order valence-corrected chi connectivity index (χ4v) is 1.94. The maximum Gasteiger partial charge on any atom is 0.244 e. The van der Waals surface area contributed by atoms with Crippen LogP contribution in [-0.4, -0.2) is 30.8 Å². The highest BCUT2D eigenvalue weighted by Gasteiger charge is 2.25. The van der Waals surface area contributed by atoms with E-state index in [-0.39, 0.29) is 37.2 Å². The van der Waals surface area contributed by atoms with E-state index in [1.165, 1.54) is 11.8 Å². The van der Waals surface area contributed by atoms with Crippen molar-refractivity contribution >= 4 is 29.1 Å². The van der Waals surface area contributed by atoms with Gasteiger partial charge in [0.25, 0.3) is 0 Å². The van der Waals surface area contributed by atoms with Gasteiger partial charge in [0.05, 0.1) is 11.4 Å². The molecule has 0 saturated carbocycles. The molecule has 0 bridgehead atoms. The van der Waals surface area contributed by atoms with Crippen LogP contribution in [0.25, 0.3) is 0 Å². The maximum atomic E-state index is 12.1. The van der Waals surface area contributed by atoms with E-state index in [1.807, 2.05) is 6.07 Å². The zero-order valence-corrected chi connectivity index (χ0v) is 10.6. The van der Waals surface area contributed by atoms with Crippen LogP contribution in [0.4, 0.5) is 11.4 Å². The highest BCUT2D eigenvalue weighted by atomic mass is 16.2. The van der Waals surface area contributed by atoms with Crippen LogP contribution in [0.1, 0.15) is 13.3 Å². The molecule has 1 heterocycles. The molecule has 1 aromatic rings. The number of carbonyl (C=O) groups is 3. The standard InChI is InChI=1S/C13H15N3O3/c1-9(17)14-7-6-13(19)16-8-12(18)15-10-4-2-3-5-11(10)16/h2-5H,6-8H2,1H3,(H,14,17)(H,15,18). The fraction of sp³-hybridized carbons (Fsp3) is 0.308. The van der Waals surface area contributed by atoms with Gasteiger partial charge in [0, 0.05) is 19.9 Å². The number of nitrogens with zero attached hydrogens (tertiary/aromatic N) is 1. The van der Waals surface area contributed by atoms with Gasteiger partial charge in [-0.05, 0) is 12.1 Å². The van der Waals surface area contributed by atoms with Crippen LogP contribution in [0, 0.1) is 0 Å². The van der Waals surface area contributed by atoms with Crippen molar-refractivity contribution in [1.82, 2.24) is 5.32 Å². The average molecular weight is 261 g/mol. The topological polar surface area (TPSA) is 78.5 Å². The molecule has 1 aromatic carbocycles. The predicted octanol–water partition coefficient (Wildman–Crippen LogP) is 0.498. The van der Waals surface area contributed by atoms with E-state index in [0.717, 1.165) is 0 Å². The molecule has 0 spiro atoms. The number of amides is 3. The van der Waals surface area contributed by atoms with Gasteiger partial charge in [-0.2, -0.15) is 0 Å². The van der Waals surface area contributed by atoms with Crippen molar-refractivity contribution in [1.29, 1.82) is 0 Å². The molecule has 6 heteroatoms. The van der Waals surface area contributed by atoms with E-state index in [2.05, 4.69) is 10.6 Å². The van der Waals surface area contributed by atoms with E-state index in [9.17, 15) is 14.4 Å². The number of hydrogen-bond donors (Lipinski definition) is 2. The number of para-hydroxylation sites is 2. The second-order valence-electron chi connectivity index (χ2n) is 4.28. The third kappa shape index (κ3) is 3.09. The number of carbonyl (C=O) groups excluding carboxylic acids is 3. The molecule has 2 N–H and O–H groups in total.